The number of imidazole rings is 1. The van der Waals surface area contributed by atoms with E-state index in [1.54, 1.807) is 6.07 Å². The van der Waals surface area contributed by atoms with Crippen molar-refractivity contribution in [3.05, 3.63) is 155 Å². The molecule has 0 unspecified atom stereocenters. The van der Waals surface area contributed by atoms with Crippen LogP contribution in [0.4, 0.5) is 4.39 Å². The van der Waals surface area contributed by atoms with E-state index in [-0.39, 0.29) is 37.8 Å². The van der Waals surface area contributed by atoms with Crippen LogP contribution < -0.4 is 5.19 Å². The first kappa shape index (κ1) is 43.1. The maximum Gasteiger partial charge on any atom is 0.113 e. The molecule has 0 aliphatic rings. The van der Waals surface area contributed by atoms with Crippen LogP contribution in [0.1, 0.15) is 70.1 Å². The molecule has 0 bridgehead atoms. The fourth-order valence-corrected chi connectivity index (χ4v) is 10.0. The standard InChI is InChI=1S/C33H28FN2S.C18H24NSi.Ir/c1-20(2)25-16-23(22-10-6-5-7-11-22)17-26(21(3)4)32(25)36-30-13-9-8-12-29(30)35-33(36)28-19-37-31-15-14-24(34)18-27(28)31;1-14(2)11-16-12-17(15-9-7-6-8-10-15)19-13-18(16)20(3,4)5;/h5-18,20-21H,1-4H3;6-9,12-14H,11H2,1-5H3;/q2*-1;. The van der Waals surface area contributed by atoms with Crippen molar-refractivity contribution in [1.29, 1.82) is 0 Å². The van der Waals surface area contributed by atoms with Crippen LogP contribution in [-0.4, -0.2) is 22.6 Å². The van der Waals surface area contributed by atoms with Gasteiger partial charge in [-0.1, -0.05) is 143 Å². The van der Waals surface area contributed by atoms with Crippen molar-refractivity contribution >= 4 is 45.7 Å². The number of aromatic nitrogens is 3. The van der Waals surface area contributed by atoms with Crippen molar-refractivity contribution in [1.82, 2.24) is 14.5 Å². The molecule has 0 saturated heterocycles. The molecule has 8 aromatic rings. The summed E-state index contributed by atoms with van der Waals surface area (Å²) in [7, 11) is -1.34. The molecule has 3 nitrogen and oxygen atoms in total. The third-order valence-corrected chi connectivity index (χ3v) is 13.4. The smallest absolute Gasteiger partial charge is 0.113 e. The van der Waals surface area contributed by atoms with Crippen molar-refractivity contribution in [3.63, 3.8) is 0 Å². The maximum absolute atomic E-state index is 14.3. The van der Waals surface area contributed by atoms with Gasteiger partial charge in [-0.25, -0.2) is 4.39 Å². The van der Waals surface area contributed by atoms with Crippen LogP contribution in [0.25, 0.3) is 60.6 Å². The Hall–Kier alpha value is -4.52. The summed E-state index contributed by atoms with van der Waals surface area (Å²) in [6.07, 6.45) is 3.24. The fraction of sp³-hybridized carbons (Fsp3) is 0.255. The van der Waals surface area contributed by atoms with Crippen molar-refractivity contribution in [2.24, 2.45) is 5.92 Å². The first-order valence-electron chi connectivity index (χ1n) is 20.1. The van der Waals surface area contributed by atoms with Crippen LogP contribution in [0.15, 0.2) is 121 Å². The Kier molecular flexibility index (Phi) is 13.5. The first-order chi connectivity index (χ1) is 27.3. The van der Waals surface area contributed by atoms with E-state index in [9.17, 15) is 4.39 Å². The van der Waals surface area contributed by atoms with Crippen LogP contribution in [0, 0.1) is 23.2 Å². The van der Waals surface area contributed by atoms with Gasteiger partial charge < -0.3 is 9.55 Å². The van der Waals surface area contributed by atoms with Gasteiger partial charge in [-0.3, -0.25) is 16.3 Å². The third-order valence-electron chi connectivity index (χ3n) is 10.4. The summed E-state index contributed by atoms with van der Waals surface area (Å²) >= 11 is 1.51. The molecule has 0 amide bonds. The molecule has 0 aliphatic carbocycles. The Morgan fingerprint density at radius 1 is 0.759 bits per heavy atom. The first-order valence-corrected chi connectivity index (χ1v) is 24.4. The number of halogens is 1. The fourth-order valence-electron chi connectivity index (χ4n) is 7.63. The minimum Gasteiger partial charge on any atom is -0.333 e. The van der Waals surface area contributed by atoms with Gasteiger partial charge in [0, 0.05) is 32.0 Å². The van der Waals surface area contributed by atoms with Gasteiger partial charge in [-0.2, -0.15) is 0 Å². The van der Waals surface area contributed by atoms with Gasteiger partial charge in [0.2, 0.25) is 0 Å². The van der Waals surface area contributed by atoms with Crippen LogP contribution in [-0.2, 0) is 26.5 Å². The summed E-state index contributed by atoms with van der Waals surface area (Å²) in [5.74, 6) is 1.78. The number of nitrogens with zero attached hydrogens (tertiary/aromatic N) is 3. The van der Waals surface area contributed by atoms with E-state index in [2.05, 4.69) is 155 Å². The van der Waals surface area contributed by atoms with E-state index in [1.165, 1.54) is 50.4 Å². The van der Waals surface area contributed by atoms with Crippen LogP contribution in [0.3, 0.4) is 0 Å². The molecule has 0 fully saturated rings. The second kappa shape index (κ2) is 18.2. The average molecular weight is 978 g/mol. The molecule has 0 N–H and O–H groups in total. The molecule has 0 saturated carbocycles. The molecular formula is C51H52FIrN3SSi-2. The van der Waals surface area contributed by atoms with Crippen molar-refractivity contribution in [3.8, 4) is 39.5 Å². The summed E-state index contributed by atoms with van der Waals surface area (Å²) in [6.45, 7) is 20.7. The Bertz CT molecular complexity index is 2610. The molecule has 0 aliphatic heterocycles. The van der Waals surface area contributed by atoms with E-state index in [0.29, 0.717) is 5.92 Å². The van der Waals surface area contributed by atoms with Crippen molar-refractivity contribution in [2.45, 2.75) is 79.4 Å². The summed E-state index contributed by atoms with van der Waals surface area (Å²) in [5, 5.41) is 5.79. The number of para-hydroxylation sites is 2. The van der Waals surface area contributed by atoms with E-state index >= 15 is 0 Å². The maximum atomic E-state index is 14.3. The molecular weight excluding hydrogens is 926 g/mol. The SMILES string of the molecule is CC(C)Cc1cc(-c2[c-]cccc2)ncc1[Si](C)(C)C.CC(C)c1cc(-c2ccccc2)cc(C(C)C)c1-n1c(-c2[c-]sc3ccc(F)cc23)nc2ccccc21.[Ir]. The van der Waals surface area contributed by atoms with E-state index < -0.39 is 8.07 Å². The summed E-state index contributed by atoms with van der Waals surface area (Å²) in [6, 6.07) is 42.0. The quantitative estimate of drug-likeness (QED) is 0.107. The van der Waals surface area contributed by atoms with E-state index in [1.807, 2.05) is 36.4 Å². The Morgan fingerprint density at radius 3 is 2.07 bits per heavy atom. The summed E-state index contributed by atoms with van der Waals surface area (Å²) in [4.78, 5) is 9.80. The number of fused-ring (bicyclic) bond motifs is 2. The van der Waals surface area contributed by atoms with Crippen molar-refractivity contribution < 1.29 is 24.5 Å². The molecule has 8 rings (SSSR count). The number of rotatable bonds is 9. The second-order valence-corrected chi connectivity index (χ2v) is 22.9. The zero-order valence-corrected chi connectivity index (χ0v) is 39.2. The van der Waals surface area contributed by atoms with Gasteiger partial charge in [0.25, 0.3) is 0 Å². The minimum absolute atomic E-state index is 0. The van der Waals surface area contributed by atoms with Crippen LogP contribution in [0.5, 0.6) is 0 Å². The molecule has 0 atom stereocenters. The molecule has 5 aromatic carbocycles. The van der Waals surface area contributed by atoms with Gasteiger partial charge in [0.05, 0.1) is 24.9 Å². The van der Waals surface area contributed by atoms with Gasteiger partial charge >= 0.3 is 0 Å². The number of hydrogen-bond acceptors (Lipinski definition) is 3. The molecule has 1 radical (unpaired) electrons. The number of benzene rings is 5. The predicted molar refractivity (Wildman–Crippen MR) is 244 cm³/mol. The normalized spacial score (nSPS) is 11.7. The average Bonchev–Trinajstić information content (AvgIpc) is 3.78. The van der Waals surface area contributed by atoms with Crippen molar-refractivity contribution in [2.75, 3.05) is 0 Å². The summed E-state index contributed by atoms with van der Waals surface area (Å²) < 4.78 is 17.6. The Balaban J connectivity index is 0.000000230. The number of thiophene rings is 1. The van der Waals surface area contributed by atoms with E-state index in [4.69, 9.17) is 4.98 Å². The monoisotopic (exact) mass is 978 g/mol. The van der Waals surface area contributed by atoms with Gasteiger partial charge in [0.1, 0.15) is 5.82 Å². The minimum atomic E-state index is -1.34. The molecule has 0 spiro atoms. The Labute approximate surface area is 362 Å². The Morgan fingerprint density at radius 2 is 1.43 bits per heavy atom. The predicted octanol–water partition coefficient (Wildman–Crippen LogP) is 14.1. The summed E-state index contributed by atoms with van der Waals surface area (Å²) in [5.41, 5.74) is 12.5. The zero-order valence-electron chi connectivity index (χ0n) is 34.9. The largest absolute Gasteiger partial charge is 0.333 e. The molecule has 3 heterocycles. The molecule has 7 heteroatoms. The second-order valence-electron chi connectivity index (χ2n) is 17.0. The van der Waals surface area contributed by atoms with Crippen LogP contribution >= 0.6 is 11.3 Å². The molecule has 299 valence electrons. The number of pyridine rings is 1. The molecule has 3 aromatic heterocycles. The van der Waals surface area contributed by atoms with Crippen LogP contribution in [0.2, 0.25) is 19.6 Å². The van der Waals surface area contributed by atoms with Gasteiger partial charge in [0.15, 0.2) is 0 Å². The van der Waals surface area contributed by atoms with Gasteiger partial charge in [-0.05, 0) is 87.6 Å². The van der Waals surface area contributed by atoms with Gasteiger partial charge in [-0.15, -0.1) is 41.3 Å². The third kappa shape index (κ3) is 9.19. The topological polar surface area (TPSA) is 30.7 Å². The van der Waals surface area contributed by atoms with E-state index in [0.717, 1.165) is 55.9 Å². The molecule has 58 heavy (non-hydrogen) atoms. The zero-order chi connectivity index (χ0) is 40.4. The number of hydrogen-bond donors (Lipinski definition) is 0.